The topological polar surface area (TPSA) is 53.9 Å². The number of thiophene rings is 1. The summed E-state index contributed by atoms with van der Waals surface area (Å²) in [4.78, 5) is 0. The van der Waals surface area contributed by atoms with Crippen LogP contribution < -0.4 is 4.74 Å². The van der Waals surface area contributed by atoms with Crippen LogP contribution in [0.2, 0.25) is 0 Å². The minimum atomic E-state index is -1.36. The van der Waals surface area contributed by atoms with Gasteiger partial charge >= 0.3 is 0 Å². The fourth-order valence-corrected chi connectivity index (χ4v) is 3.07. The Labute approximate surface area is 144 Å². The zero-order chi connectivity index (χ0) is 16.9. The number of methoxy groups -OCH3 is 1. The van der Waals surface area contributed by atoms with Crippen molar-refractivity contribution in [3.63, 3.8) is 0 Å². The molecule has 0 fully saturated rings. The first-order valence-electron chi connectivity index (χ1n) is 7.18. The molecule has 0 saturated heterocycles. The van der Waals surface area contributed by atoms with E-state index in [9.17, 15) is 4.55 Å². The highest BCUT2D eigenvalue weighted by molar-refractivity contribution is 7.91. The van der Waals surface area contributed by atoms with Crippen LogP contribution in [0.4, 0.5) is 0 Å². The highest BCUT2D eigenvalue weighted by Crippen LogP contribution is 2.26. The molecule has 0 bridgehead atoms. The van der Waals surface area contributed by atoms with E-state index >= 15 is 0 Å². The lowest BCUT2D eigenvalue weighted by atomic mass is 10.0. The van der Waals surface area contributed by atoms with Gasteiger partial charge < -0.3 is 14.0 Å². The lowest BCUT2D eigenvalue weighted by Gasteiger charge is -2.20. The van der Waals surface area contributed by atoms with Gasteiger partial charge in [0.15, 0.2) is 6.79 Å². The van der Waals surface area contributed by atoms with E-state index in [4.69, 9.17) is 9.47 Å². The van der Waals surface area contributed by atoms with E-state index in [1.807, 2.05) is 61.9 Å². The lowest BCUT2D eigenvalue weighted by molar-refractivity contribution is 0.0510. The maximum absolute atomic E-state index is 12.5. The first kappa shape index (κ1) is 18.0. The van der Waals surface area contributed by atoms with E-state index in [-0.39, 0.29) is 6.79 Å². The smallest absolute Gasteiger partial charge is 0.188 e. The molecule has 1 atom stereocenters. The molecule has 0 aliphatic heterocycles. The minimum absolute atomic E-state index is 0.149. The largest absolute Gasteiger partial charge is 0.591 e. The predicted molar refractivity (Wildman–Crippen MR) is 96.8 cm³/mol. The van der Waals surface area contributed by atoms with Crippen molar-refractivity contribution >= 4 is 28.4 Å². The average molecular weight is 351 g/mol. The molecule has 0 radical (unpaired) electrons. The van der Waals surface area contributed by atoms with Crippen molar-refractivity contribution in [1.82, 2.24) is 0 Å². The second-order valence-corrected chi connectivity index (χ2v) is 8.55. The number of para-hydroxylation sites is 1. The number of rotatable bonds is 6. The molecule has 1 unspecified atom stereocenters. The predicted octanol–water partition coefficient (Wildman–Crippen LogP) is 4.03. The molecule has 0 aliphatic carbocycles. The Morgan fingerprint density at radius 3 is 2.61 bits per heavy atom. The van der Waals surface area contributed by atoms with E-state index in [0.717, 1.165) is 11.1 Å². The molecule has 2 aromatic rings. The highest BCUT2D eigenvalue weighted by atomic mass is 32.2. The molecule has 2 rings (SSSR count). The minimum Gasteiger partial charge on any atom is -0.591 e. The van der Waals surface area contributed by atoms with Gasteiger partial charge in [0.05, 0.1) is 0 Å². The van der Waals surface area contributed by atoms with Gasteiger partial charge in [0.25, 0.3) is 0 Å². The summed E-state index contributed by atoms with van der Waals surface area (Å²) in [7, 11) is 1.57. The molecule has 1 aromatic carbocycles. The number of nitrogens with zero attached hydrogens (tertiary/aromatic N) is 1. The Balaban J connectivity index is 2.49. The maximum atomic E-state index is 12.5. The molecule has 1 heterocycles. The molecule has 0 aliphatic rings. The van der Waals surface area contributed by atoms with Crippen LogP contribution in [0.3, 0.4) is 0 Å². The molecule has 0 amide bonds. The molecule has 4 nitrogen and oxygen atoms in total. The van der Waals surface area contributed by atoms with Crippen molar-refractivity contribution in [1.29, 1.82) is 0 Å². The summed E-state index contributed by atoms with van der Waals surface area (Å²) >= 11 is 0.215. The lowest BCUT2D eigenvalue weighted by Crippen LogP contribution is -2.27. The molecular formula is C17H21NO3S2. The fourth-order valence-electron chi connectivity index (χ4n) is 1.79. The van der Waals surface area contributed by atoms with Crippen LogP contribution >= 0.6 is 11.3 Å². The summed E-state index contributed by atoms with van der Waals surface area (Å²) in [5.74, 6) is 0.658. The van der Waals surface area contributed by atoms with Crippen LogP contribution in [0, 0.1) is 0 Å². The first-order chi connectivity index (χ1) is 10.9. The van der Waals surface area contributed by atoms with E-state index in [1.165, 1.54) is 0 Å². The first-order valence-corrected chi connectivity index (χ1v) is 9.23. The van der Waals surface area contributed by atoms with Crippen molar-refractivity contribution in [2.75, 3.05) is 13.9 Å². The third kappa shape index (κ3) is 4.81. The fraction of sp³-hybridized carbons (Fsp3) is 0.353. The van der Waals surface area contributed by atoms with Gasteiger partial charge in [-0.3, -0.25) is 0 Å². The zero-order valence-electron chi connectivity index (χ0n) is 13.7. The molecule has 0 saturated carbocycles. The van der Waals surface area contributed by atoms with Crippen molar-refractivity contribution in [2.24, 2.45) is 4.40 Å². The van der Waals surface area contributed by atoms with Crippen molar-refractivity contribution in [3.8, 4) is 5.75 Å². The molecule has 0 N–H and O–H groups in total. The van der Waals surface area contributed by atoms with Gasteiger partial charge in [0.1, 0.15) is 27.6 Å². The van der Waals surface area contributed by atoms with Crippen LogP contribution in [0.25, 0.3) is 0 Å². The second kappa shape index (κ2) is 7.97. The van der Waals surface area contributed by atoms with Crippen LogP contribution in [0.15, 0.2) is 45.5 Å². The number of hydrogen-bond donors (Lipinski definition) is 0. The monoisotopic (exact) mass is 351 g/mol. The Morgan fingerprint density at radius 1 is 1.26 bits per heavy atom. The van der Waals surface area contributed by atoms with Gasteiger partial charge in [0.2, 0.25) is 0 Å². The molecule has 1 aromatic heterocycles. The van der Waals surface area contributed by atoms with Crippen molar-refractivity contribution < 1.29 is 14.0 Å². The molecular weight excluding hydrogens is 330 g/mol. The SMILES string of the molecule is COCOc1ccccc1/C(=N\[S+]([O-])C(C)(C)C)c1ccsc1. The summed E-state index contributed by atoms with van der Waals surface area (Å²) in [5.41, 5.74) is 2.41. The average Bonchev–Trinajstić information content (AvgIpc) is 3.04. The number of ether oxygens (including phenoxy) is 2. The van der Waals surface area contributed by atoms with E-state index in [0.29, 0.717) is 11.5 Å². The second-order valence-electron chi connectivity index (χ2n) is 5.86. The Bertz CT molecular complexity index is 648. The van der Waals surface area contributed by atoms with Gasteiger partial charge in [-0.05, 0) is 44.4 Å². The van der Waals surface area contributed by atoms with E-state index < -0.39 is 16.1 Å². The van der Waals surface area contributed by atoms with Gasteiger partial charge in [-0.2, -0.15) is 11.3 Å². The van der Waals surface area contributed by atoms with Crippen LogP contribution in [0.5, 0.6) is 5.75 Å². The summed E-state index contributed by atoms with van der Waals surface area (Å²) in [6.45, 7) is 5.87. The van der Waals surface area contributed by atoms with E-state index in [1.54, 1.807) is 18.4 Å². The highest BCUT2D eigenvalue weighted by Gasteiger charge is 2.28. The summed E-state index contributed by atoms with van der Waals surface area (Å²) < 4.78 is 27.2. The number of benzene rings is 1. The number of hydrogen-bond acceptors (Lipinski definition) is 5. The van der Waals surface area contributed by atoms with Gasteiger partial charge in [-0.1, -0.05) is 16.5 Å². The zero-order valence-corrected chi connectivity index (χ0v) is 15.4. The van der Waals surface area contributed by atoms with Crippen LogP contribution in [0.1, 0.15) is 31.9 Å². The van der Waals surface area contributed by atoms with Gasteiger partial charge in [-0.25, -0.2) is 0 Å². The molecule has 124 valence electrons. The third-order valence-electron chi connectivity index (χ3n) is 2.97. The summed E-state index contributed by atoms with van der Waals surface area (Å²) in [5, 5.41) is 3.97. The Morgan fingerprint density at radius 2 is 2.00 bits per heavy atom. The van der Waals surface area contributed by atoms with Crippen LogP contribution in [-0.4, -0.2) is 28.9 Å². The van der Waals surface area contributed by atoms with Gasteiger partial charge in [-0.15, -0.1) is 0 Å². The maximum Gasteiger partial charge on any atom is 0.188 e. The Hall–Kier alpha value is -1.34. The Kier molecular flexibility index (Phi) is 6.24. The van der Waals surface area contributed by atoms with Crippen LogP contribution in [-0.2, 0) is 16.1 Å². The standard InChI is InChI=1S/C17H21NO3S2/c1-17(2,3)23(19)18-16(13-9-10-22-11-13)14-7-5-6-8-15(14)21-12-20-4/h5-11H,12H2,1-4H3/b18-16-. The third-order valence-corrected chi connectivity index (χ3v) is 5.05. The van der Waals surface area contributed by atoms with Crippen molar-refractivity contribution in [3.05, 3.63) is 52.2 Å². The molecule has 6 heteroatoms. The van der Waals surface area contributed by atoms with Gasteiger partial charge in [0, 0.05) is 23.6 Å². The quantitative estimate of drug-likeness (QED) is 0.448. The van der Waals surface area contributed by atoms with Crippen molar-refractivity contribution in [2.45, 2.75) is 25.5 Å². The summed E-state index contributed by atoms with van der Waals surface area (Å²) in [6.07, 6.45) is 0. The van der Waals surface area contributed by atoms with E-state index in [2.05, 4.69) is 4.40 Å². The molecule has 0 spiro atoms. The molecule has 23 heavy (non-hydrogen) atoms. The normalized spacial score (nSPS) is 13.9. The summed E-state index contributed by atoms with van der Waals surface area (Å²) in [6, 6.07) is 9.55.